The van der Waals surface area contributed by atoms with Crippen LogP contribution in [-0.2, 0) is 11.2 Å². The molecule has 4 nitrogen and oxygen atoms in total. The van der Waals surface area contributed by atoms with E-state index in [1.165, 1.54) is 6.07 Å². The van der Waals surface area contributed by atoms with E-state index < -0.39 is 12.1 Å². The van der Waals surface area contributed by atoms with Gasteiger partial charge < -0.3 is 10.2 Å². The molecule has 1 atom stereocenters. The minimum absolute atomic E-state index is 0.294. The molecule has 17 heavy (non-hydrogen) atoms. The lowest BCUT2D eigenvalue weighted by Crippen LogP contribution is -2.14. The summed E-state index contributed by atoms with van der Waals surface area (Å²) in [5.41, 5.74) is 1.34. The fraction of sp³-hybridized carbons (Fsp3) is 0.333. The van der Waals surface area contributed by atoms with Gasteiger partial charge in [-0.15, -0.1) is 0 Å². The van der Waals surface area contributed by atoms with Crippen molar-refractivity contribution in [3.63, 3.8) is 0 Å². The molecule has 0 radical (unpaired) electrons. The quantitative estimate of drug-likeness (QED) is 0.622. The number of carboxylic acid groups (broad SMARTS) is 1. The molecule has 0 amide bonds. The highest BCUT2D eigenvalue weighted by Gasteiger charge is 2.20. The van der Waals surface area contributed by atoms with Crippen LogP contribution in [0, 0.1) is 0 Å². The van der Waals surface area contributed by atoms with Crippen LogP contribution in [-0.4, -0.2) is 27.8 Å². The van der Waals surface area contributed by atoms with Crippen molar-refractivity contribution in [2.45, 2.75) is 18.9 Å². The summed E-state index contributed by atoms with van der Waals surface area (Å²) >= 11 is 3.28. The van der Waals surface area contributed by atoms with Gasteiger partial charge in [0.15, 0.2) is 6.10 Å². The van der Waals surface area contributed by atoms with Crippen LogP contribution < -0.4 is 0 Å². The zero-order valence-corrected chi connectivity index (χ0v) is 10.7. The molecule has 5 heteroatoms. The Morgan fingerprint density at radius 1 is 1.47 bits per heavy atom. The molecule has 2 N–H and O–H groups in total. The van der Waals surface area contributed by atoms with E-state index in [0.717, 1.165) is 11.8 Å². The Bertz CT molecular complexity index is 417. The van der Waals surface area contributed by atoms with Gasteiger partial charge in [-0.1, -0.05) is 34.1 Å². The van der Waals surface area contributed by atoms with Crippen molar-refractivity contribution in [1.29, 1.82) is 0 Å². The largest absolute Gasteiger partial charge is 0.479 e. The predicted octanol–water partition coefficient (Wildman–Crippen LogP) is 1.94. The van der Waals surface area contributed by atoms with Crippen molar-refractivity contribution in [1.82, 2.24) is 0 Å². The van der Waals surface area contributed by atoms with E-state index in [2.05, 4.69) is 15.9 Å². The van der Waals surface area contributed by atoms with E-state index in [4.69, 9.17) is 5.11 Å². The number of aliphatic hydroxyl groups excluding tert-OH is 1. The molecule has 0 aliphatic heterocycles. The summed E-state index contributed by atoms with van der Waals surface area (Å²) in [6, 6.07) is 4.73. The molecule has 0 fully saturated rings. The molecule has 0 saturated carbocycles. The lowest BCUT2D eigenvalue weighted by molar-refractivity contribution is -0.147. The molecule has 0 spiro atoms. The molecule has 92 valence electrons. The predicted molar refractivity (Wildman–Crippen MR) is 66.5 cm³/mol. The molecule has 1 aromatic rings. The first-order valence-corrected chi connectivity index (χ1v) is 6.27. The fourth-order valence-corrected chi connectivity index (χ4v) is 1.94. The zero-order valence-electron chi connectivity index (χ0n) is 9.10. The first-order chi connectivity index (χ1) is 8.11. The third kappa shape index (κ3) is 3.38. The summed E-state index contributed by atoms with van der Waals surface area (Å²) in [6.45, 7) is 0. The lowest BCUT2D eigenvalue weighted by Gasteiger charge is -2.13. The van der Waals surface area contributed by atoms with E-state index in [9.17, 15) is 14.7 Å². The van der Waals surface area contributed by atoms with Crippen LogP contribution in [0.4, 0.5) is 0 Å². The maximum absolute atomic E-state index is 10.9. The highest BCUT2D eigenvalue weighted by Crippen LogP contribution is 2.23. The molecule has 0 heterocycles. The van der Waals surface area contributed by atoms with E-state index in [0.29, 0.717) is 29.4 Å². The third-order valence-corrected chi connectivity index (χ3v) is 3.03. The number of rotatable bonds is 6. The van der Waals surface area contributed by atoms with Gasteiger partial charge >= 0.3 is 5.97 Å². The van der Waals surface area contributed by atoms with E-state index >= 15 is 0 Å². The number of carbonyl (C=O) groups is 2. The Morgan fingerprint density at radius 2 is 2.18 bits per heavy atom. The first kappa shape index (κ1) is 13.9. The number of benzene rings is 1. The summed E-state index contributed by atoms with van der Waals surface area (Å²) in [5, 5.41) is 19.1. The normalized spacial score (nSPS) is 12.1. The maximum atomic E-state index is 10.9. The van der Waals surface area contributed by atoms with Gasteiger partial charge in [0.2, 0.25) is 0 Å². The van der Waals surface area contributed by atoms with Crippen LogP contribution in [0.5, 0.6) is 0 Å². The minimum Gasteiger partial charge on any atom is -0.479 e. The molecule has 0 aliphatic carbocycles. The van der Waals surface area contributed by atoms with Crippen LogP contribution >= 0.6 is 15.9 Å². The molecule has 0 aliphatic rings. The van der Waals surface area contributed by atoms with Crippen LogP contribution in [0.1, 0.15) is 34.0 Å². The second-order valence-corrected chi connectivity index (χ2v) is 4.36. The number of carboxylic acids is 1. The second-order valence-electron chi connectivity index (χ2n) is 3.57. The second kappa shape index (κ2) is 6.51. The average molecular weight is 301 g/mol. The van der Waals surface area contributed by atoms with Crippen molar-refractivity contribution in [2.24, 2.45) is 0 Å². The summed E-state index contributed by atoms with van der Waals surface area (Å²) in [7, 11) is 0. The Balaban J connectivity index is 3.18. The van der Waals surface area contributed by atoms with E-state index in [1.807, 2.05) is 0 Å². The van der Waals surface area contributed by atoms with Gasteiger partial charge in [0.1, 0.15) is 6.29 Å². The zero-order chi connectivity index (χ0) is 12.8. The molecule has 1 rings (SSSR count). The fourth-order valence-electron chi connectivity index (χ4n) is 1.66. The number of halogens is 1. The maximum Gasteiger partial charge on any atom is 0.337 e. The summed E-state index contributed by atoms with van der Waals surface area (Å²) in [5.74, 6) is -1.31. The lowest BCUT2D eigenvalue weighted by atomic mass is 9.94. The van der Waals surface area contributed by atoms with Crippen LogP contribution in [0.3, 0.4) is 0 Å². The molecular weight excluding hydrogens is 288 g/mol. The smallest absolute Gasteiger partial charge is 0.337 e. The Morgan fingerprint density at radius 3 is 2.71 bits per heavy atom. The number of hydrogen-bond donors (Lipinski definition) is 2. The van der Waals surface area contributed by atoms with Crippen LogP contribution in [0.25, 0.3) is 0 Å². The molecule has 0 saturated heterocycles. The van der Waals surface area contributed by atoms with E-state index in [1.54, 1.807) is 12.1 Å². The third-order valence-electron chi connectivity index (χ3n) is 2.46. The van der Waals surface area contributed by atoms with Crippen molar-refractivity contribution in [3.05, 3.63) is 34.9 Å². The van der Waals surface area contributed by atoms with Crippen molar-refractivity contribution >= 4 is 28.2 Å². The number of aliphatic carboxylic acids is 1. The Hall–Kier alpha value is -1.20. The van der Waals surface area contributed by atoms with Gasteiger partial charge in [-0.25, -0.2) is 4.79 Å². The number of alkyl halides is 1. The highest BCUT2D eigenvalue weighted by atomic mass is 79.9. The van der Waals surface area contributed by atoms with Gasteiger partial charge in [0, 0.05) is 10.9 Å². The minimum atomic E-state index is -1.58. The van der Waals surface area contributed by atoms with Gasteiger partial charge in [-0.2, -0.15) is 0 Å². The van der Waals surface area contributed by atoms with Gasteiger partial charge in [-0.3, -0.25) is 4.79 Å². The monoisotopic (exact) mass is 300 g/mol. The average Bonchev–Trinajstić information content (AvgIpc) is 2.34. The highest BCUT2D eigenvalue weighted by molar-refractivity contribution is 9.09. The van der Waals surface area contributed by atoms with Crippen LogP contribution in [0.2, 0.25) is 0 Å². The molecular formula is C12H13BrO4. The van der Waals surface area contributed by atoms with Crippen molar-refractivity contribution in [2.75, 3.05) is 5.33 Å². The SMILES string of the molecule is O=Cc1cccc(C(O)C(=O)O)c1CCCBr. The number of carbonyl (C=O) groups excluding carboxylic acids is 1. The molecule has 1 aromatic carbocycles. The van der Waals surface area contributed by atoms with Gasteiger partial charge in [-0.05, 0) is 24.0 Å². The van der Waals surface area contributed by atoms with Crippen molar-refractivity contribution < 1.29 is 19.8 Å². The Labute approximate surface area is 107 Å². The van der Waals surface area contributed by atoms with Crippen molar-refractivity contribution in [3.8, 4) is 0 Å². The summed E-state index contributed by atoms with van der Waals surface area (Å²) < 4.78 is 0. The van der Waals surface area contributed by atoms with Gasteiger partial charge in [0.05, 0.1) is 0 Å². The molecule has 1 unspecified atom stereocenters. The first-order valence-electron chi connectivity index (χ1n) is 5.15. The summed E-state index contributed by atoms with van der Waals surface area (Å²) in [4.78, 5) is 21.7. The molecule has 0 aromatic heterocycles. The number of aldehydes is 1. The van der Waals surface area contributed by atoms with Gasteiger partial charge in [0.25, 0.3) is 0 Å². The van der Waals surface area contributed by atoms with E-state index in [-0.39, 0.29) is 0 Å². The Kier molecular flexibility index (Phi) is 5.31. The van der Waals surface area contributed by atoms with Crippen LogP contribution in [0.15, 0.2) is 18.2 Å². The standard InChI is InChI=1S/C12H13BrO4/c13-6-2-5-9-8(7-14)3-1-4-10(9)11(15)12(16)17/h1,3-4,7,11,15H,2,5-6H2,(H,16,17). The molecule has 0 bridgehead atoms. The number of hydrogen-bond acceptors (Lipinski definition) is 3. The number of aliphatic hydroxyl groups is 1. The summed E-state index contributed by atoms with van der Waals surface area (Å²) in [6.07, 6.45) is 0.422. The topological polar surface area (TPSA) is 74.6 Å².